The van der Waals surface area contributed by atoms with Crippen LogP contribution in [0.5, 0.6) is 5.75 Å². The van der Waals surface area contributed by atoms with Gasteiger partial charge in [0.2, 0.25) is 0 Å². The summed E-state index contributed by atoms with van der Waals surface area (Å²) in [6.45, 7) is 0.628. The highest BCUT2D eigenvalue weighted by Gasteiger charge is 2.03. The Hall–Kier alpha value is -1.52. The molecule has 19 heavy (non-hydrogen) atoms. The van der Waals surface area contributed by atoms with Crippen LogP contribution >= 0.6 is 22.9 Å². The first-order valence-electron chi connectivity index (χ1n) is 5.91. The zero-order valence-corrected chi connectivity index (χ0v) is 11.8. The molecule has 0 bridgehead atoms. The van der Waals surface area contributed by atoms with Crippen LogP contribution in [0, 0.1) is 0 Å². The van der Waals surface area contributed by atoms with Crippen LogP contribution in [0.15, 0.2) is 41.8 Å². The lowest BCUT2D eigenvalue weighted by atomic mass is 10.3. The molecule has 0 aliphatic heterocycles. The fourth-order valence-electron chi connectivity index (χ4n) is 1.54. The molecule has 0 aliphatic carbocycles. The SMILES string of the molecule is O=C(COc1cccc(Cl)c1)NCCc1cccs1. The second kappa shape index (κ2) is 7.16. The quantitative estimate of drug-likeness (QED) is 0.889. The van der Waals surface area contributed by atoms with Crippen LogP contribution in [0.25, 0.3) is 0 Å². The summed E-state index contributed by atoms with van der Waals surface area (Å²) in [4.78, 5) is 12.8. The number of benzene rings is 1. The van der Waals surface area contributed by atoms with Crippen molar-refractivity contribution >= 4 is 28.8 Å². The number of thiophene rings is 1. The molecular weight excluding hydrogens is 282 g/mol. The molecule has 1 heterocycles. The fourth-order valence-corrected chi connectivity index (χ4v) is 2.43. The molecule has 0 unspecified atom stereocenters. The third-order valence-electron chi connectivity index (χ3n) is 2.44. The topological polar surface area (TPSA) is 38.3 Å². The van der Waals surface area contributed by atoms with Gasteiger partial charge >= 0.3 is 0 Å². The second-order valence-electron chi connectivity index (χ2n) is 3.93. The number of carbonyl (C=O) groups excluding carboxylic acids is 1. The van der Waals surface area contributed by atoms with Gasteiger partial charge in [0, 0.05) is 16.4 Å². The van der Waals surface area contributed by atoms with E-state index < -0.39 is 0 Å². The highest BCUT2D eigenvalue weighted by atomic mass is 35.5. The largest absolute Gasteiger partial charge is 0.484 e. The van der Waals surface area contributed by atoms with Crippen LogP contribution in [-0.2, 0) is 11.2 Å². The lowest BCUT2D eigenvalue weighted by molar-refractivity contribution is -0.123. The van der Waals surface area contributed by atoms with Gasteiger partial charge in [-0.3, -0.25) is 4.79 Å². The minimum Gasteiger partial charge on any atom is -0.484 e. The van der Waals surface area contributed by atoms with Crippen molar-refractivity contribution in [2.24, 2.45) is 0 Å². The van der Waals surface area contributed by atoms with Crippen LogP contribution in [0.1, 0.15) is 4.88 Å². The summed E-state index contributed by atoms with van der Waals surface area (Å²) >= 11 is 7.51. The molecular formula is C14H14ClNO2S. The summed E-state index contributed by atoms with van der Waals surface area (Å²) < 4.78 is 5.34. The van der Waals surface area contributed by atoms with Crippen molar-refractivity contribution in [1.29, 1.82) is 0 Å². The van der Waals surface area contributed by atoms with Crippen molar-refractivity contribution < 1.29 is 9.53 Å². The van der Waals surface area contributed by atoms with Gasteiger partial charge in [-0.2, -0.15) is 0 Å². The molecule has 100 valence electrons. The van der Waals surface area contributed by atoms with Crippen molar-refractivity contribution in [3.05, 3.63) is 51.7 Å². The van der Waals surface area contributed by atoms with Gasteiger partial charge in [-0.1, -0.05) is 23.7 Å². The van der Waals surface area contributed by atoms with Gasteiger partial charge in [0.25, 0.3) is 5.91 Å². The molecule has 3 nitrogen and oxygen atoms in total. The first kappa shape index (κ1) is 13.9. The molecule has 2 rings (SSSR count). The minimum atomic E-state index is -0.128. The first-order valence-corrected chi connectivity index (χ1v) is 7.17. The summed E-state index contributed by atoms with van der Waals surface area (Å²) in [6.07, 6.45) is 0.848. The summed E-state index contributed by atoms with van der Waals surface area (Å²) in [5.41, 5.74) is 0. The maximum atomic E-state index is 11.6. The molecule has 0 radical (unpaired) electrons. The van der Waals surface area contributed by atoms with Crippen LogP contribution in [0.4, 0.5) is 0 Å². The van der Waals surface area contributed by atoms with E-state index in [0.29, 0.717) is 17.3 Å². The van der Waals surface area contributed by atoms with E-state index in [1.54, 1.807) is 35.6 Å². The Balaban J connectivity index is 1.67. The zero-order valence-electron chi connectivity index (χ0n) is 10.3. The van der Waals surface area contributed by atoms with Gasteiger partial charge in [-0.05, 0) is 36.1 Å². The summed E-state index contributed by atoms with van der Waals surface area (Å²) in [7, 11) is 0. The predicted molar refractivity (Wildman–Crippen MR) is 78.0 cm³/mol. The van der Waals surface area contributed by atoms with Crippen molar-refractivity contribution in [3.8, 4) is 5.75 Å². The van der Waals surface area contributed by atoms with Crippen molar-refractivity contribution in [3.63, 3.8) is 0 Å². The average molecular weight is 296 g/mol. The Morgan fingerprint density at radius 2 is 2.21 bits per heavy atom. The molecule has 0 spiro atoms. The Morgan fingerprint density at radius 1 is 1.32 bits per heavy atom. The highest BCUT2D eigenvalue weighted by Crippen LogP contribution is 2.16. The maximum absolute atomic E-state index is 11.6. The lowest BCUT2D eigenvalue weighted by Gasteiger charge is -2.07. The smallest absolute Gasteiger partial charge is 0.257 e. The molecule has 1 aromatic heterocycles. The van der Waals surface area contributed by atoms with E-state index in [1.165, 1.54) is 4.88 Å². The van der Waals surface area contributed by atoms with Crippen LogP contribution in [0.2, 0.25) is 5.02 Å². The number of nitrogens with one attached hydrogen (secondary N) is 1. The molecule has 0 aliphatic rings. The molecule has 0 saturated carbocycles. The van der Waals surface area contributed by atoms with Gasteiger partial charge in [0.1, 0.15) is 5.75 Å². The Labute approximate surface area is 121 Å². The van der Waals surface area contributed by atoms with E-state index in [0.717, 1.165) is 6.42 Å². The Morgan fingerprint density at radius 3 is 2.95 bits per heavy atom. The van der Waals surface area contributed by atoms with E-state index in [4.69, 9.17) is 16.3 Å². The highest BCUT2D eigenvalue weighted by molar-refractivity contribution is 7.09. The van der Waals surface area contributed by atoms with Gasteiger partial charge in [-0.25, -0.2) is 0 Å². The number of amides is 1. The molecule has 1 aromatic carbocycles. The van der Waals surface area contributed by atoms with Crippen molar-refractivity contribution in [2.75, 3.05) is 13.2 Å². The Kier molecular flexibility index (Phi) is 5.24. The molecule has 5 heteroatoms. The zero-order chi connectivity index (χ0) is 13.5. The molecule has 1 N–H and O–H groups in total. The van der Waals surface area contributed by atoms with Gasteiger partial charge in [0.05, 0.1) is 0 Å². The summed E-state index contributed by atoms with van der Waals surface area (Å²) in [5, 5.41) is 5.44. The standard InChI is InChI=1S/C14H14ClNO2S/c15-11-3-1-4-12(9-11)18-10-14(17)16-7-6-13-5-2-8-19-13/h1-5,8-9H,6-7,10H2,(H,16,17). The second-order valence-corrected chi connectivity index (χ2v) is 5.39. The van der Waals surface area contributed by atoms with Crippen molar-refractivity contribution in [1.82, 2.24) is 5.32 Å². The van der Waals surface area contributed by atoms with E-state index >= 15 is 0 Å². The predicted octanol–water partition coefficient (Wildman–Crippen LogP) is 3.14. The van der Waals surface area contributed by atoms with E-state index in [1.807, 2.05) is 11.4 Å². The monoisotopic (exact) mass is 295 g/mol. The Bertz CT molecular complexity index is 528. The molecule has 0 atom stereocenters. The number of halogens is 1. The van der Waals surface area contributed by atoms with Crippen LogP contribution in [0.3, 0.4) is 0 Å². The molecule has 0 fully saturated rings. The van der Waals surface area contributed by atoms with Gasteiger partial charge in [0.15, 0.2) is 6.61 Å². The number of ether oxygens (including phenoxy) is 1. The lowest BCUT2D eigenvalue weighted by Crippen LogP contribution is -2.30. The first-order chi connectivity index (χ1) is 9.24. The normalized spacial score (nSPS) is 10.2. The number of hydrogen-bond acceptors (Lipinski definition) is 3. The average Bonchev–Trinajstić information content (AvgIpc) is 2.90. The van der Waals surface area contributed by atoms with E-state index in [9.17, 15) is 4.79 Å². The third kappa shape index (κ3) is 4.93. The van der Waals surface area contributed by atoms with Gasteiger partial charge < -0.3 is 10.1 Å². The summed E-state index contributed by atoms with van der Waals surface area (Å²) in [6, 6.07) is 11.1. The molecule has 1 amide bonds. The summed E-state index contributed by atoms with van der Waals surface area (Å²) in [5.74, 6) is 0.470. The van der Waals surface area contributed by atoms with Crippen LogP contribution < -0.4 is 10.1 Å². The van der Waals surface area contributed by atoms with E-state index in [2.05, 4.69) is 11.4 Å². The fraction of sp³-hybridized carbons (Fsp3) is 0.214. The number of hydrogen-bond donors (Lipinski definition) is 1. The number of carbonyl (C=O) groups is 1. The van der Waals surface area contributed by atoms with E-state index in [-0.39, 0.29) is 12.5 Å². The van der Waals surface area contributed by atoms with Gasteiger partial charge in [-0.15, -0.1) is 11.3 Å². The number of rotatable bonds is 6. The maximum Gasteiger partial charge on any atom is 0.257 e. The molecule has 2 aromatic rings. The minimum absolute atomic E-state index is 0.00474. The van der Waals surface area contributed by atoms with Crippen LogP contribution in [-0.4, -0.2) is 19.1 Å². The third-order valence-corrected chi connectivity index (χ3v) is 3.61. The molecule has 0 saturated heterocycles. The van der Waals surface area contributed by atoms with Crippen molar-refractivity contribution in [2.45, 2.75) is 6.42 Å².